The third-order valence-corrected chi connectivity index (χ3v) is 1.90. The topological polar surface area (TPSA) is 47.6 Å². The lowest BCUT2D eigenvalue weighted by Gasteiger charge is -2.00. The van der Waals surface area contributed by atoms with Crippen LogP contribution < -0.4 is 5.48 Å². The number of carbonyl (C=O) groups excluding carboxylic acids is 1. The monoisotopic (exact) mass is 301 g/mol. The van der Waals surface area contributed by atoms with Crippen LogP contribution >= 0.6 is 23.0 Å². The Kier molecular flexibility index (Phi) is 10.6. The van der Waals surface area contributed by atoms with Gasteiger partial charge in [0.15, 0.2) is 23.0 Å². The van der Waals surface area contributed by atoms with Crippen molar-refractivity contribution in [1.29, 1.82) is 0 Å². The number of hydrogen-bond acceptors (Lipinski definition) is 4. The van der Waals surface area contributed by atoms with Crippen molar-refractivity contribution in [2.75, 3.05) is 6.54 Å². The van der Waals surface area contributed by atoms with Crippen LogP contribution in [0.4, 0.5) is 0 Å². The lowest BCUT2D eigenvalue weighted by Crippen LogP contribution is -2.13. The minimum absolute atomic E-state index is 0.347. The number of carbonyl (C=O) groups is 1. The van der Waals surface area contributed by atoms with Crippen molar-refractivity contribution in [3.05, 3.63) is 0 Å². The first-order chi connectivity index (χ1) is 6.31. The average molecular weight is 301 g/mol. The molecule has 0 aliphatic heterocycles. The molecule has 0 aromatic heterocycles. The molecule has 0 fully saturated rings. The van der Waals surface area contributed by atoms with E-state index >= 15 is 0 Å². The van der Waals surface area contributed by atoms with E-state index in [0.717, 1.165) is 25.8 Å². The maximum absolute atomic E-state index is 10.9. The van der Waals surface area contributed by atoms with Crippen LogP contribution in [0.5, 0.6) is 0 Å². The highest BCUT2D eigenvalue weighted by Gasteiger charge is 1.97. The van der Waals surface area contributed by atoms with E-state index in [9.17, 15) is 4.79 Å². The lowest BCUT2D eigenvalue weighted by molar-refractivity contribution is -0.222. The van der Waals surface area contributed by atoms with Crippen LogP contribution in [-0.4, -0.2) is 12.3 Å². The molecule has 0 aromatic rings. The van der Waals surface area contributed by atoms with Gasteiger partial charge in [0, 0.05) is 19.4 Å². The lowest BCUT2D eigenvalue weighted by atomic mass is 10.1. The Balaban J connectivity index is 2.95. The number of ketones is 1. The molecule has 13 heavy (non-hydrogen) atoms. The highest BCUT2D eigenvalue weighted by atomic mass is 127. The summed E-state index contributed by atoms with van der Waals surface area (Å²) in [6.45, 7) is 2.65. The van der Waals surface area contributed by atoms with Gasteiger partial charge in [0.2, 0.25) is 0 Å². The Labute approximate surface area is 92.9 Å². The van der Waals surface area contributed by atoms with Crippen molar-refractivity contribution in [1.82, 2.24) is 5.48 Å². The number of hydroxylamine groups is 1. The molecule has 0 unspecified atom stereocenters. The van der Waals surface area contributed by atoms with Crippen LogP contribution in [0.1, 0.15) is 39.0 Å². The maximum Gasteiger partial charge on any atom is 0.157 e. The molecule has 0 aliphatic carbocycles. The van der Waals surface area contributed by atoms with Gasteiger partial charge in [0.25, 0.3) is 0 Å². The first-order valence-corrected chi connectivity index (χ1v) is 5.38. The van der Waals surface area contributed by atoms with Gasteiger partial charge in [0.05, 0.1) is 0 Å². The zero-order chi connectivity index (χ0) is 9.94. The standard InChI is InChI=1S/C8H16INO3/c1-2-8(11)6-4-3-5-7-10-13-12-9/h10H,2-7H2,1H3. The molecule has 0 atom stereocenters. The molecule has 78 valence electrons. The van der Waals surface area contributed by atoms with Crippen molar-refractivity contribution < 1.29 is 13.0 Å². The number of hydrogen-bond donors (Lipinski definition) is 1. The second-order valence-corrected chi connectivity index (χ2v) is 3.10. The van der Waals surface area contributed by atoms with Crippen molar-refractivity contribution in [2.45, 2.75) is 39.0 Å². The average Bonchev–Trinajstić information content (AvgIpc) is 2.16. The molecule has 0 saturated heterocycles. The van der Waals surface area contributed by atoms with E-state index in [4.69, 9.17) is 0 Å². The predicted molar refractivity (Wildman–Crippen MR) is 58.0 cm³/mol. The van der Waals surface area contributed by atoms with Crippen molar-refractivity contribution in [2.24, 2.45) is 0 Å². The summed E-state index contributed by atoms with van der Waals surface area (Å²) in [5.41, 5.74) is 2.62. The molecule has 0 aliphatic rings. The van der Waals surface area contributed by atoms with Gasteiger partial charge in [0.1, 0.15) is 5.78 Å². The summed E-state index contributed by atoms with van der Waals surface area (Å²) in [4.78, 5) is 15.3. The van der Waals surface area contributed by atoms with Crippen molar-refractivity contribution in [3.63, 3.8) is 0 Å². The molecule has 4 nitrogen and oxygen atoms in total. The van der Waals surface area contributed by atoms with Gasteiger partial charge in [-0.1, -0.05) is 13.3 Å². The summed E-state index contributed by atoms with van der Waals surface area (Å²) in [5, 5.41) is 0. The summed E-state index contributed by atoms with van der Waals surface area (Å²) in [5.74, 6) is 0.347. The smallest absolute Gasteiger partial charge is 0.157 e. The molecule has 5 heteroatoms. The number of nitrogens with one attached hydrogen (secondary N) is 1. The highest BCUT2D eigenvalue weighted by Crippen LogP contribution is 2.01. The summed E-state index contributed by atoms with van der Waals surface area (Å²) < 4.78 is 4.31. The summed E-state index contributed by atoms with van der Waals surface area (Å²) >= 11 is 1.64. The van der Waals surface area contributed by atoms with Gasteiger partial charge in [-0.15, -0.1) is 8.21 Å². The van der Waals surface area contributed by atoms with E-state index < -0.39 is 0 Å². The molecular formula is C8H16INO3. The third-order valence-electron chi connectivity index (χ3n) is 1.72. The second kappa shape index (κ2) is 10.4. The van der Waals surface area contributed by atoms with Crippen LogP contribution in [0.15, 0.2) is 0 Å². The number of unbranched alkanes of at least 4 members (excludes halogenated alkanes) is 2. The molecule has 0 aromatic carbocycles. The Bertz CT molecular complexity index is 133. The zero-order valence-corrected chi connectivity index (χ0v) is 10.0. The molecule has 0 amide bonds. The van der Waals surface area contributed by atoms with Crippen molar-refractivity contribution >= 4 is 28.8 Å². The normalized spacial score (nSPS) is 10.3. The molecule has 0 bridgehead atoms. The van der Waals surface area contributed by atoms with Gasteiger partial charge in [-0.2, -0.15) is 5.48 Å². The van der Waals surface area contributed by atoms with E-state index in [1.54, 1.807) is 23.0 Å². The Morgan fingerprint density at radius 1 is 1.38 bits per heavy atom. The first-order valence-electron chi connectivity index (χ1n) is 4.50. The van der Waals surface area contributed by atoms with Gasteiger partial charge in [-0.25, -0.2) is 0 Å². The van der Waals surface area contributed by atoms with Gasteiger partial charge < -0.3 is 0 Å². The van der Waals surface area contributed by atoms with Crippen LogP contribution in [0.3, 0.4) is 0 Å². The number of Topliss-reactive ketones (excluding diaryl/α,β-unsaturated/α-hetero) is 1. The third kappa shape index (κ3) is 10.2. The zero-order valence-electron chi connectivity index (χ0n) is 7.85. The van der Waals surface area contributed by atoms with Crippen LogP contribution in [0, 0.1) is 0 Å². The first kappa shape index (κ1) is 13.3. The predicted octanol–water partition coefficient (Wildman–Crippen LogP) is 2.33. The molecule has 0 spiro atoms. The van der Waals surface area contributed by atoms with Crippen LogP contribution in [0.25, 0.3) is 0 Å². The molecular weight excluding hydrogens is 285 g/mol. The molecule has 1 N–H and O–H groups in total. The van der Waals surface area contributed by atoms with Gasteiger partial charge in [-0.05, 0) is 12.8 Å². The van der Waals surface area contributed by atoms with Gasteiger partial charge in [-0.3, -0.25) is 4.79 Å². The largest absolute Gasteiger partial charge is 0.300 e. The molecule has 0 rings (SSSR count). The quantitative estimate of drug-likeness (QED) is 0.307. The fraction of sp³-hybridized carbons (Fsp3) is 0.875. The Hall–Kier alpha value is 0.280. The minimum Gasteiger partial charge on any atom is -0.300 e. The van der Waals surface area contributed by atoms with E-state index in [-0.39, 0.29) is 0 Å². The Morgan fingerprint density at radius 3 is 2.77 bits per heavy atom. The van der Waals surface area contributed by atoms with Gasteiger partial charge >= 0.3 is 0 Å². The van der Waals surface area contributed by atoms with E-state index in [2.05, 4.69) is 13.7 Å². The van der Waals surface area contributed by atoms with Crippen LogP contribution in [0.2, 0.25) is 0 Å². The molecule has 0 heterocycles. The van der Waals surface area contributed by atoms with E-state index in [0.29, 0.717) is 18.6 Å². The summed E-state index contributed by atoms with van der Waals surface area (Å²) in [6.07, 6.45) is 4.38. The molecule has 0 saturated carbocycles. The van der Waals surface area contributed by atoms with Crippen LogP contribution in [-0.2, 0) is 13.0 Å². The van der Waals surface area contributed by atoms with E-state index in [1.807, 2.05) is 6.92 Å². The number of rotatable bonds is 9. The van der Waals surface area contributed by atoms with Crippen molar-refractivity contribution in [3.8, 4) is 0 Å². The fourth-order valence-electron chi connectivity index (χ4n) is 0.937. The number of halogens is 1. The maximum atomic E-state index is 10.9. The fourth-order valence-corrected chi connectivity index (χ4v) is 1.06. The summed E-state index contributed by atoms with van der Waals surface area (Å²) in [7, 11) is 0. The summed E-state index contributed by atoms with van der Waals surface area (Å²) in [6, 6.07) is 0. The van der Waals surface area contributed by atoms with E-state index in [1.165, 1.54) is 0 Å². The Morgan fingerprint density at radius 2 is 2.15 bits per heavy atom. The molecule has 0 radical (unpaired) electrons. The highest BCUT2D eigenvalue weighted by molar-refractivity contribution is 14.1. The SMILES string of the molecule is CCC(=O)CCCCCNOOI. The second-order valence-electron chi connectivity index (χ2n) is 2.74. The minimum atomic E-state index is 0.347.